The minimum atomic E-state index is -0.416. The van der Waals surface area contributed by atoms with E-state index in [0.717, 1.165) is 18.7 Å². The van der Waals surface area contributed by atoms with Crippen LogP contribution in [-0.2, 0) is 0 Å². The molecule has 3 aromatic carbocycles. The Morgan fingerprint density at radius 3 is 2.00 bits per heavy atom. The van der Waals surface area contributed by atoms with Crippen LogP contribution in [0.4, 0.5) is 14.9 Å². The van der Waals surface area contributed by atoms with Crippen LogP contribution in [0.25, 0.3) is 0 Å². The van der Waals surface area contributed by atoms with E-state index < -0.39 is 5.82 Å². The highest BCUT2D eigenvalue weighted by atomic mass is 19.1. The van der Waals surface area contributed by atoms with Crippen LogP contribution in [0.15, 0.2) is 78.9 Å². The molecule has 3 aromatic rings. The molecule has 154 valence electrons. The summed E-state index contributed by atoms with van der Waals surface area (Å²) in [6.07, 6.45) is 0. The van der Waals surface area contributed by atoms with Crippen LogP contribution in [0.2, 0.25) is 0 Å². The van der Waals surface area contributed by atoms with Crippen LogP contribution in [0.1, 0.15) is 22.7 Å². The molecule has 0 unspecified atom stereocenters. The summed E-state index contributed by atoms with van der Waals surface area (Å²) in [5, 5.41) is 2.72. The molecule has 1 aliphatic rings. The molecule has 4 nitrogen and oxygen atoms in total. The molecule has 0 spiro atoms. The molecule has 0 radical (unpaired) electrons. The lowest BCUT2D eigenvalue weighted by Crippen LogP contribution is -2.51. The number of benzene rings is 3. The summed E-state index contributed by atoms with van der Waals surface area (Å²) in [6.45, 7) is 4.56. The third-order valence-corrected chi connectivity index (χ3v) is 5.56. The lowest BCUT2D eigenvalue weighted by Gasteiger charge is -2.39. The number of urea groups is 1. The number of aryl methyl sites for hydroxylation is 1. The molecule has 1 N–H and O–H groups in total. The second kappa shape index (κ2) is 9.09. The standard InChI is InChI=1S/C25H26FN3O/c1-19-12-13-22(26)23(18-19)27-25(30)29-16-14-28(15-17-29)24(20-8-4-2-5-9-20)21-10-6-3-7-11-21/h2-13,18,24H,14-17H2,1H3,(H,27,30). The number of carbonyl (C=O) groups is 1. The number of rotatable bonds is 4. The molecule has 30 heavy (non-hydrogen) atoms. The maximum atomic E-state index is 14.0. The Morgan fingerprint density at radius 1 is 0.867 bits per heavy atom. The van der Waals surface area contributed by atoms with E-state index in [9.17, 15) is 9.18 Å². The molecule has 1 fully saturated rings. The molecule has 0 bridgehead atoms. The van der Waals surface area contributed by atoms with Gasteiger partial charge >= 0.3 is 6.03 Å². The predicted octanol–water partition coefficient (Wildman–Crippen LogP) is 5.07. The average Bonchev–Trinajstić information content (AvgIpc) is 2.78. The number of anilines is 1. The van der Waals surface area contributed by atoms with Crippen LogP contribution in [0, 0.1) is 12.7 Å². The van der Waals surface area contributed by atoms with E-state index in [1.165, 1.54) is 17.2 Å². The Balaban J connectivity index is 1.46. The van der Waals surface area contributed by atoms with Gasteiger partial charge in [-0.25, -0.2) is 9.18 Å². The summed E-state index contributed by atoms with van der Waals surface area (Å²) >= 11 is 0. The minimum absolute atomic E-state index is 0.145. The van der Waals surface area contributed by atoms with E-state index in [-0.39, 0.29) is 17.8 Å². The van der Waals surface area contributed by atoms with Gasteiger partial charge in [0.1, 0.15) is 5.82 Å². The van der Waals surface area contributed by atoms with Crippen molar-refractivity contribution in [2.75, 3.05) is 31.5 Å². The minimum Gasteiger partial charge on any atom is -0.322 e. The summed E-state index contributed by atoms with van der Waals surface area (Å²) in [5.41, 5.74) is 3.62. The fraction of sp³-hybridized carbons (Fsp3) is 0.240. The van der Waals surface area contributed by atoms with E-state index in [1.54, 1.807) is 17.0 Å². The SMILES string of the molecule is Cc1ccc(F)c(NC(=O)N2CCN(C(c3ccccc3)c3ccccc3)CC2)c1. The van der Waals surface area contributed by atoms with Gasteiger partial charge in [-0.2, -0.15) is 0 Å². The third kappa shape index (κ3) is 4.52. The molecule has 5 heteroatoms. The first kappa shape index (κ1) is 20.1. The maximum Gasteiger partial charge on any atom is 0.322 e. The molecule has 1 heterocycles. The van der Waals surface area contributed by atoms with E-state index >= 15 is 0 Å². The van der Waals surface area contributed by atoms with E-state index in [1.807, 2.05) is 19.1 Å². The smallest absolute Gasteiger partial charge is 0.322 e. The van der Waals surface area contributed by atoms with Crippen molar-refractivity contribution < 1.29 is 9.18 Å². The fourth-order valence-electron chi connectivity index (χ4n) is 4.00. The number of carbonyl (C=O) groups excluding carboxylic acids is 1. The second-order valence-corrected chi connectivity index (χ2v) is 7.66. The molecule has 4 rings (SSSR count). The lowest BCUT2D eigenvalue weighted by molar-refractivity contribution is 0.126. The van der Waals surface area contributed by atoms with Gasteiger partial charge < -0.3 is 10.2 Å². The number of piperazine rings is 1. The maximum absolute atomic E-state index is 14.0. The zero-order chi connectivity index (χ0) is 20.9. The van der Waals surface area contributed by atoms with Crippen molar-refractivity contribution in [2.45, 2.75) is 13.0 Å². The molecule has 0 atom stereocenters. The molecule has 2 amide bonds. The molecule has 0 aromatic heterocycles. The van der Waals surface area contributed by atoms with Gasteiger partial charge in [-0.05, 0) is 35.7 Å². The fourth-order valence-corrected chi connectivity index (χ4v) is 4.00. The highest BCUT2D eigenvalue weighted by Crippen LogP contribution is 2.29. The van der Waals surface area contributed by atoms with Gasteiger partial charge in [0.05, 0.1) is 11.7 Å². The van der Waals surface area contributed by atoms with Crippen molar-refractivity contribution in [3.05, 3.63) is 101 Å². The normalized spacial score (nSPS) is 14.7. The highest BCUT2D eigenvalue weighted by Gasteiger charge is 2.28. The average molecular weight is 404 g/mol. The van der Waals surface area contributed by atoms with E-state index in [2.05, 4.69) is 58.7 Å². The number of nitrogens with one attached hydrogen (secondary N) is 1. The Labute approximate surface area is 176 Å². The zero-order valence-corrected chi connectivity index (χ0v) is 17.1. The number of amides is 2. The lowest BCUT2D eigenvalue weighted by atomic mass is 9.96. The second-order valence-electron chi connectivity index (χ2n) is 7.66. The third-order valence-electron chi connectivity index (χ3n) is 5.56. The molecule has 1 aliphatic heterocycles. The molecule has 1 saturated heterocycles. The zero-order valence-electron chi connectivity index (χ0n) is 17.1. The predicted molar refractivity (Wildman–Crippen MR) is 118 cm³/mol. The first-order valence-corrected chi connectivity index (χ1v) is 10.3. The van der Waals surface area contributed by atoms with Crippen molar-refractivity contribution in [1.29, 1.82) is 0 Å². The van der Waals surface area contributed by atoms with Crippen LogP contribution in [-0.4, -0.2) is 42.0 Å². The van der Waals surface area contributed by atoms with Crippen molar-refractivity contribution in [2.24, 2.45) is 0 Å². The molecular formula is C25H26FN3O. The van der Waals surface area contributed by atoms with Gasteiger partial charge in [0.25, 0.3) is 0 Å². The Morgan fingerprint density at radius 2 is 1.43 bits per heavy atom. The van der Waals surface area contributed by atoms with E-state index in [0.29, 0.717) is 13.1 Å². The van der Waals surface area contributed by atoms with E-state index in [4.69, 9.17) is 0 Å². The van der Waals surface area contributed by atoms with Gasteiger partial charge in [-0.1, -0.05) is 66.7 Å². The van der Waals surface area contributed by atoms with Crippen LogP contribution in [0.3, 0.4) is 0 Å². The number of nitrogens with zero attached hydrogens (tertiary/aromatic N) is 2. The molecule has 0 saturated carbocycles. The summed E-state index contributed by atoms with van der Waals surface area (Å²) in [6, 6.07) is 25.5. The molecule has 0 aliphatic carbocycles. The summed E-state index contributed by atoms with van der Waals surface area (Å²) < 4.78 is 14.0. The number of halogens is 1. The largest absolute Gasteiger partial charge is 0.322 e. The Bertz CT molecular complexity index is 946. The molecular weight excluding hydrogens is 377 g/mol. The van der Waals surface area contributed by atoms with Gasteiger partial charge in [-0.15, -0.1) is 0 Å². The van der Waals surface area contributed by atoms with Gasteiger partial charge in [0.2, 0.25) is 0 Å². The summed E-state index contributed by atoms with van der Waals surface area (Å²) in [5.74, 6) is -0.416. The summed E-state index contributed by atoms with van der Waals surface area (Å²) in [7, 11) is 0. The number of hydrogen-bond acceptors (Lipinski definition) is 2. The number of hydrogen-bond donors (Lipinski definition) is 1. The van der Waals surface area contributed by atoms with Crippen molar-refractivity contribution in [1.82, 2.24) is 9.80 Å². The van der Waals surface area contributed by atoms with Crippen molar-refractivity contribution in [3.8, 4) is 0 Å². The quantitative estimate of drug-likeness (QED) is 0.660. The van der Waals surface area contributed by atoms with Crippen LogP contribution < -0.4 is 5.32 Å². The van der Waals surface area contributed by atoms with Gasteiger partial charge in [0, 0.05) is 26.2 Å². The first-order chi connectivity index (χ1) is 14.6. The van der Waals surface area contributed by atoms with Crippen molar-refractivity contribution in [3.63, 3.8) is 0 Å². The monoisotopic (exact) mass is 403 g/mol. The first-order valence-electron chi connectivity index (χ1n) is 10.3. The highest BCUT2D eigenvalue weighted by molar-refractivity contribution is 5.89. The van der Waals surface area contributed by atoms with Crippen LogP contribution in [0.5, 0.6) is 0 Å². The Kier molecular flexibility index (Phi) is 6.10. The van der Waals surface area contributed by atoms with Crippen molar-refractivity contribution >= 4 is 11.7 Å². The topological polar surface area (TPSA) is 35.6 Å². The van der Waals surface area contributed by atoms with Crippen LogP contribution >= 0.6 is 0 Å². The summed E-state index contributed by atoms with van der Waals surface area (Å²) in [4.78, 5) is 16.8. The Hall–Kier alpha value is -3.18. The van der Waals surface area contributed by atoms with Gasteiger partial charge in [0.15, 0.2) is 0 Å². The van der Waals surface area contributed by atoms with Gasteiger partial charge in [-0.3, -0.25) is 4.90 Å².